The van der Waals surface area contributed by atoms with Crippen molar-refractivity contribution in [2.45, 2.75) is 20.3 Å². The number of azide groups is 1. The third-order valence-electron chi connectivity index (χ3n) is 2.99. The number of carbonyl (C=O) groups is 1. The Kier molecular flexibility index (Phi) is 3.48. The zero-order valence-corrected chi connectivity index (χ0v) is 10.5. The van der Waals surface area contributed by atoms with E-state index in [0.717, 1.165) is 17.1 Å². The summed E-state index contributed by atoms with van der Waals surface area (Å²) >= 11 is 0. The Morgan fingerprint density at radius 1 is 1.50 bits per heavy atom. The lowest BCUT2D eigenvalue weighted by atomic mass is 10.1. The molecule has 18 heavy (non-hydrogen) atoms. The molecule has 1 aliphatic heterocycles. The summed E-state index contributed by atoms with van der Waals surface area (Å²) < 4.78 is 0. The second-order valence-corrected chi connectivity index (χ2v) is 4.60. The molecule has 0 spiro atoms. The molecule has 0 aliphatic carbocycles. The van der Waals surface area contributed by atoms with E-state index >= 15 is 0 Å². The number of pyridine rings is 1. The average Bonchev–Trinajstić information content (AvgIpc) is 2.66. The predicted octanol–water partition coefficient (Wildman–Crippen LogP) is 2.36. The fraction of sp³-hybridized carbons (Fsp3) is 0.500. The van der Waals surface area contributed by atoms with Gasteiger partial charge in [-0.3, -0.25) is 9.78 Å². The summed E-state index contributed by atoms with van der Waals surface area (Å²) in [4.78, 5) is 20.7. The van der Waals surface area contributed by atoms with E-state index < -0.39 is 0 Å². The standard InChI is InChI=1S/C12H15N5O/c1-8-3-11(4-9(2)15-8)17-7-10(5-12(17)18)6-14-16-13/h3-4,10H,5-7H2,1-2H3. The quantitative estimate of drug-likeness (QED) is 0.465. The van der Waals surface area contributed by atoms with Gasteiger partial charge in [-0.2, -0.15) is 0 Å². The Balaban J connectivity index is 2.18. The van der Waals surface area contributed by atoms with Crippen LogP contribution in [0.1, 0.15) is 17.8 Å². The minimum absolute atomic E-state index is 0.0816. The van der Waals surface area contributed by atoms with Gasteiger partial charge >= 0.3 is 0 Å². The first-order valence-electron chi connectivity index (χ1n) is 5.86. The van der Waals surface area contributed by atoms with E-state index in [4.69, 9.17) is 5.53 Å². The lowest BCUT2D eigenvalue weighted by Crippen LogP contribution is -2.25. The van der Waals surface area contributed by atoms with E-state index in [1.165, 1.54) is 0 Å². The number of rotatable bonds is 3. The summed E-state index contributed by atoms with van der Waals surface area (Å²) in [5.41, 5.74) is 11.0. The molecule has 1 aromatic rings. The van der Waals surface area contributed by atoms with Crippen LogP contribution in [0, 0.1) is 19.8 Å². The molecule has 1 saturated heterocycles. The summed E-state index contributed by atoms with van der Waals surface area (Å²) in [7, 11) is 0. The van der Waals surface area contributed by atoms with Gasteiger partial charge in [0.05, 0.1) is 0 Å². The summed E-state index contributed by atoms with van der Waals surface area (Å²) in [6.07, 6.45) is 0.444. The van der Waals surface area contributed by atoms with Crippen LogP contribution >= 0.6 is 0 Å². The van der Waals surface area contributed by atoms with Gasteiger partial charge in [-0.05, 0) is 37.4 Å². The maximum absolute atomic E-state index is 11.9. The summed E-state index contributed by atoms with van der Waals surface area (Å²) in [5.74, 6) is 0.195. The summed E-state index contributed by atoms with van der Waals surface area (Å²) in [5, 5.41) is 3.54. The van der Waals surface area contributed by atoms with Crippen LogP contribution in [-0.4, -0.2) is 24.0 Å². The molecule has 0 saturated carbocycles. The van der Waals surface area contributed by atoms with E-state index in [0.29, 0.717) is 19.5 Å². The number of hydrogen-bond donors (Lipinski definition) is 0. The molecule has 1 amide bonds. The molecular formula is C12H15N5O. The van der Waals surface area contributed by atoms with Crippen LogP contribution in [0.4, 0.5) is 5.69 Å². The van der Waals surface area contributed by atoms with Gasteiger partial charge in [0.2, 0.25) is 5.91 Å². The molecule has 6 nitrogen and oxygen atoms in total. The SMILES string of the molecule is Cc1cc(N2CC(CN=[N+]=[N-])CC2=O)cc(C)n1. The van der Waals surface area contributed by atoms with Crippen LogP contribution < -0.4 is 4.90 Å². The van der Waals surface area contributed by atoms with Gasteiger partial charge in [0.1, 0.15) is 0 Å². The molecule has 2 rings (SSSR count). The van der Waals surface area contributed by atoms with Crippen LogP contribution in [0.2, 0.25) is 0 Å². The van der Waals surface area contributed by atoms with Crippen molar-refractivity contribution in [1.82, 2.24) is 4.98 Å². The maximum Gasteiger partial charge on any atom is 0.227 e. The third kappa shape index (κ3) is 2.60. The molecule has 0 aromatic carbocycles. The van der Waals surface area contributed by atoms with E-state index in [2.05, 4.69) is 15.0 Å². The second kappa shape index (κ2) is 5.06. The molecule has 1 unspecified atom stereocenters. The maximum atomic E-state index is 11.9. The molecule has 0 radical (unpaired) electrons. The average molecular weight is 245 g/mol. The zero-order valence-electron chi connectivity index (χ0n) is 10.5. The van der Waals surface area contributed by atoms with Crippen molar-refractivity contribution in [2.24, 2.45) is 11.0 Å². The number of nitrogens with zero attached hydrogens (tertiary/aromatic N) is 5. The lowest BCUT2D eigenvalue weighted by Gasteiger charge is -2.17. The second-order valence-electron chi connectivity index (χ2n) is 4.60. The van der Waals surface area contributed by atoms with Gasteiger partial charge in [0, 0.05) is 41.5 Å². The monoisotopic (exact) mass is 245 g/mol. The molecule has 1 atom stereocenters. The third-order valence-corrected chi connectivity index (χ3v) is 2.99. The van der Waals surface area contributed by atoms with Crippen molar-refractivity contribution in [2.75, 3.05) is 18.0 Å². The first-order valence-corrected chi connectivity index (χ1v) is 5.86. The van der Waals surface area contributed by atoms with Crippen LogP contribution in [0.25, 0.3) is 10.4 Å². The van der Waals surface area contributed by atoms with Gasteiger partial charge in [0.25, 0.3) is 0 Å². The van der Waals surface area contributed by atoms with Gasteiger partial charge in [-0.25, -0.2) is 0 Å². The highest BCUT2D eigenvalue weighted by Gasteiger charge is 2.30. The summed E-state index contributed by atoms with van der Waals surface area (Å²) in [6, 6.07) is 3.81. The minimum Gasteiger partial charge on any atom is -0.312 e. The number of anilines is 1. The van der Waals surface area contributed by atoms with Crippen LogP contribution in [-0.2, 0) is 4.79 Å². The Morgan fingerprint density at radius 2 is 2.17 bits per heavy atom. The van der Waals surface area contributed by atoms with Crippen LogP contribution in [0.3, 0.4) is 0 Å². The number of amides is 1. The number of carbonyl (C=O) groups excluding carboxylic acids is 1. The Labute approximate surface area is 105 Å². The van der Waals surface area contributed by atoms with Crippen molar-refractivity contribution in [3.05, 3.63) is 34.0 Å². The first kappa shape index (κ1) is 12.4. The fourth-order valence-electron chi connectivity index (χ4n) is 2.27. The van der Waals surface area contributed by atoms with Crippen LogP contribution in [0.5, 0.6) is 0 Å². The molecule has 6 heteroatoms. The Hall–Kier alpha value is -2.07. The van der Waals surface area contributed by atoms with Crippen LogP contribution in [0.15, 0.2) is 17.2 Å². The van der Waals surface area contributed by atoms with Crippen molar-refractivity contribution in [3.63, 3.8) is 0 Å². The van der Waals surface area contributed by atoms with E-state index in [1.807, 2.05) is 26.0 Å². The summed E-state index contributed by atoms with van der Waals surface area (Å²) in [6.45, 7) is 4.81. The van der Waals surface area contributed by atoms with Gasteiger partial charge in [0.15, 0.2) is 0 Å². The minimum atomic E-state index is 0.0816. The molecule has 2 heterocycles. The highest BCUT2D eigenvalue weighted by molar-refractivity contribution is 5.95. The van der Waals surface area contributed by atoms with Gasteiger partial charge in [-0.1, -0.05) is 5.11 Å². The lowest BCUT2D eigenvalue weighted by molar-refractivity contribution is -0.117. The Bertz CT molecular complexity index is 501. The molecule has 0 bridgehead atoms. The Morgan fingerprint density at radius 3 is 2.78 bits per heavy atom. The van der Waals surface area contributed by atoms with E-state index in [1.54, 1.807) is 4.90 Å². The molecule has 0 N–H and O–H groups in total. The number of hydrogen-bond acceptors (Lipinski definition) is 3. The number of aryl methyl sites for hydroxylation is 2. The van der Waals surface area contributed by atoms with Crippen molar-refractivity contribution in [1.29, 1.82) is 0 Å². The van der Waals surface area contributed by atoms with Gasteiger partial charge in [-0.15, -0.1) is 0 Å². The highest BCUT2D eigenvalue weighted by atomic mass is 16.2. The van der Waals surface area contributed by atoms with Crippen molar-refractivity contribution >= 4 is 11.6 Å². The largest absolute Gasteiger partial charge is 0.312 e. The molecular weight excluding hydrogens is 230 g/mol. The molecule has 1 aromatic heterocycles. The topological polar surface area (TPSA) is 82.0 Å². The number of aromatic nitrogens is 1. The van der Waals surface area contributed by atoms with E-state index in [9.17, 15) is 4.79 Å². The normalized spacial score (nSPS) is 18.9. The smallest absolute Gasteiger partial charge is 0.227 e. The van der Waals surface area contributed by atoms with E-state index in [-0.39, 0.29) is 11.8 Å². The highest BCUT2D eigenvalue weighted by Crippen LogP contribution is 2.26. The predicted molar refractivity (Wildman–Crippen MR) is 68.2 cm³/mol. The fourth-order valence-corrected chi connectivity index (χ4v) is 2.27. The van der Waals surface area contributed by atoms with Crippen molar-refractivity contribution < 1.29 is 4.79 Å². The van der Waals surface area contributed by atoms with Crippen molar-refractivity contribution in [3.8, 4) is 0 Å². The molecule has 94 valence electrons. The molecule has 1 aliphatic rings. The zero-order chi connectivity index (χ0) is 13.1. The molecule has 1 fully saturated rings. The van der Waals surface area contributed by atoms with Gasteiger partial charge < -0.3 is 4.90 Å². The first-order chi connectivity index (χ1) is 8.60.